The number of carbonyl (C=O) groups is 1. The van der Waals surface area contributed by atoms with Crippen molar-refractivity contribution in [2.45, 2.75) is 53.6 Å². The fourth-order valence-electron chi connectivity index (χ4n) is 3.34. The molecule has 0 spiro atoms. The lowest BCUT2D eigenvalue weighted by molar-refractivity contribution is 0.0527. The molecule has 0 aliphatic carbocycles. The SMILES string of the molecule is CCC(C)=C(CNC(=O)OC(C)(C)C)Oc1ccc(-c2c[nH]c3cc(F)ccc23)cc1C. The summed E-state index contributed by atoms with van der Waals surface area (Å²) in [5, 5.41) is 3.74. The van der Waals surface area contributed by atoms with Crippen LogP contribution in [0.4, 0.5) is 9.18 Å². The fraction of sp³-hybridized carbons (Fsp3) is 0.346. The number of amides is 1. The molecule has 0 saturated heterocycles. The Hall–Kier alpha value is -3.28. The Morgan fingerprint density at radius 3 is 2.56 bits per heavy atom. The Morgan fingerprint density at radius 1 is 1.16 bits per heavy atom. The maximum Gasteiger partial charge on any atom is 0.408 e. The van der Waals surface area contributed by atoms with Crippen LogP contribution >= 0.6 is 0 Å². The lowest BCUT2D eigenvalue weighted by atomic mass is 10.0. The Morgan fingerprint density at radius 2 is 1.91 bits per heavy atom. The van der Waals surface area contributed by atoms with Crippen LogP contribution in [0.15, 0.2) is 53.9 Å². The average molecular weight is 439 g/mol. The number of nitrogens with one attached hydrogen (secondary N) is 2. The van der Waals surface area contributed by atoms with Crippen LogP contribution in [0.25, 0.3) is 22.0 Å². The average Bonchev–Trinajstić information content (AvgIpc) is 3.13. The molecule has 5 nitrogen and oxygen atoms in total. The van der Waals surface area contributed by atoms with E-state index in [1.54, 1.807) is 6.07 Å². The number of fused-ring (bicyclic) bond motifs is 1. The number of hydrogen-bond acceptors (Lipinski definition) is 3. The Balaban J connectivity index is 1.80. The molecule has 0 radical (unpaired) electrons. The van der Waals surface area contributed by atoms with E-state index >= 15 is 0 Å². The monoisotopic (exact) mass is 438 g/mol. The van der Waals surface area contributed by atoms with Gasteiger partial charge >= 0.3 is 6.09 Å². The minimum atomic E-state index is -0.560. The number of benzene rings is 2. The van der Waals surface area contributed by atoms with E-state index in [-0.39, 0.29) is 12.4 Å². The summed E-state index contributed by atoms with van der Waals surface area (Å²) in [6, 6.07) is 10.7. The first-order chi connectivity index (χ1) is 15.1. The van der Waals surface area contributed by atoms with Gasteiger partial charge in [-0.25, -0.2) is 9.18 Å². The molecule has 1 heterocycles. The number of halogens is 1. The van der Waals surface area contributed by atoms with E-state index in [0.717, 1.165) is 39.6 Å². The number of hydrogen-bond donors (Lipinski definition) is 2. The molecule has 0 aliphatic rings. The fourth-order valence-corrected chi connectivity index (χ4v) is 3.34. The van der Waals surface area contributed by atoms with Gasteiger partial charge in [0.15, 0.2) is 0 Å². The summed E-state index contributed by atoms with van der Waals surface area (Å²) in [6.45, 7) is 11.7. The van der Waals surface area contributed by atoms with Crippen LogP contribution in [-0.4, -0.2) is 23.2 Å². The molecule has 0 aliphatic heterocycles. The number of aromatic amines is 1. The van der Waals surface area contributed by atoms with Gasteiger partial charge < -0.3 is 19.8 Å². The molecule has 2 aromatic carbocycles. The minimum absolute atomic E-state index is 0.240. The maximum atomic E-state index is 13.5. The first-order valence-electron chi connectivity index (χ1n) is 10.8. The van der Waals surface area contributed by atoms with Gasteiger partial charge in [0, 0.05) is 22.7 Å². The maximum absolute atomic E-state index is 13.5. The Kier molecular flexibility index (Phi) is 6.92. The number of carbonyl (C=O) groups excluding carboxylic acids is 1. The molecule has 0 fully saturated rings. The van der Waals surface area contributed by atoms with Crippen molar-refractivity contribution < 1.29 is 18.7 Å². The third kappa shape index (κ3) is 5.69. The summed E-state index contributed by atoms with van der Waals surface area (Å²) in [5.74, 6) is 1.14. The molecule has 3 aromatic rings. The van der Waals surface area contributed by atoms with Crippen molar-refractivity contribution in [3.8, 4) is 16.9 Å². The zero-order valence-corrected chi connectivity index (χ0v) is 19.6. The summed E-state index contributed by atoms with van der Waals surface area (Å²) >= 11 is 0. The molecule has 32 heavy (non-hydrogen) atoms. The second kappa shape index (κ2) is 9.47. The highest BCUT2D eigenvalue weighted by Gasteiger charge is 2.17. The first kappa shape index (κ1) is 23.4. The number of allylic oxidation sites excluding steroid dienone is 1. The van der Waals surface area contributed by atoms with Gasteiger partial charge in [0.25, 0.3) is 0 Å². The topological polar surface area (TPSA) is 63.4 Å². The molecule has 1 amide bonds. The van der Waals surface area contributed by atoms with Crippen molar-refractivity contribution in [3.05, 3.63) is 65.3 Å². The van der Waals surface area contributed by atoms with Crippen LogP contribution in [-0.2, 0) is 4.74 Å². The largest absolute Gasteiger partial charge is 0.460 e. The molecule has 0 unspecified atom stereocenters. The standard InChI is InChI=1S/C26H31FN2O3/c1-7-16(2)24(15-29-25(30)32-26(4,5)6)31-23-11-8-18(12-17(23)3)21-14-28-22-13-19(27)9-10-20(21)22/h8-14,28H,7,15H2,1-6H3,(H,29,30). The number of ether oxygens (including phenoxy) is 2. The van der Waals surface area contributed by atoms with Gasteiger partial charge in [0.2, 0.25) is 0 Å². The van der Waals surface area contributed by atoms with Crippen molar-refractivity contribution in [1.82, 2.24) is 10.3 Å². The van der Waals surface area contributed by atoms with Gasteiger partial charge in [0.05, 0.1) is 6.54 Å². The number of H-pyrrole nitrogens is 1. The predicted molar refractivity (Wildman–Crippen MR) is 126 cm³/mol. The summed E-state index contributed by atoms with van der Waals surface area (Å²) in [5.41, 5.74) is 4.21. The molecular formula is C26H31FN2O3. The molecule has 0 atom stereocenters. The molecule has 6 heteroatoms. The van der Waals surface area contributed by atoms with Crippen molar-refractivity contribution >= 4 is 17.0 Å². The van der Waals surface area contributed by atoms with Crippen molar-refractivity contribution in [2.75, 3.05) is 6.54 Å². The van der Waals surface area contributed by atoms with Gasteiger partial charge in [-0.1, -0.05) is 13.0 Å². The molecule has 2 N–H and O–H groups in total. The van der Waals surface area contributed by atoms with Crippen LogP contribution in [0, 0.1) is 12.7 Å². The molecule has 0 saturated carbocycles. The predicted octanol–water partition coefficient (Wildman–Crippen LogP) is 6.87. The highest BCUT2D eigenvalue weighted by Crippen LogP contribution is 2.32. The Bertz CT molecular complexity index is 1160. The lowest BCUT2D eigenvalue weighted by Crippen LogP contribution is -2.34. The van der Waals surface area contributed by atoms with E-state index in [2.05, 4.69) is 10.3 Å². The van der Waals surface area contributed by atoms with Crippen LogP contribution in [0.5, 0.6) is 5.75 Å². The smallest absolute Gasteiger partial charge is 0.408 e. The zero-order valence-electron chi connectivity index (χ0n) is 19.6. The van der Waals surface area contributed by atoms with Crippen LogP contribution in [0.2, 0.25) is 0 Å². The second-order valence-electron chi connectivity index (χ2n) is 8.89. The lowest BCUT2D eigenvalue weighted by Gasteiger charge is -2.21. The van der Waals surface area contributed by atoms with Crippen molar-refractivity contribution in [2.24, 2.45) is 0 Å². The van der Waals surface area contributed by atoms with Gasteiger partial charge in [-0.2, -0.15) is 0 Å². The molecule has 170 valence electrons. The third-order valence-corrected chi connectivity index (χ3v) is 5.16. The molecule has 1 aromatic heterocycles. The van der Waals surface area contributed by atoms with E-state index in [4.69, 9.17) is 9.47 Å². The quantitative estimate of drug-likeness (QED) is 0.413. The normalized spacial score (nSPS) is 12.5. The summed E-state index contributed by atoms with van der Waals surface area (Å²) in [4.78, 5) is 15.2. The number of aryl methyl sites for hydroxylation is 1. The molecule has 3 rings (SSSR count). The third-order valence-electron chi connectivity index (χ3n) is 5.16. The zero-order chi connectivity index (χ0) is 23.5. The molecule has 0 bridgehead atoms. The first-order valence-corrected chi connectivity index (χ1v) is 10.8. The van der Waals surface area contributed by atoms with E-state index in [0.29, 0.717) is 11.5 Å². The number of rotatable bonds is 6. The van der Waals surface area contributed by atoms with E-state index < -0.39 is 11.7 Å². The van der Waals surface area contributed by atoms with Crippen LogP contribution in [0.1, 0.15) is 46.6 Å². The van der Waals surface area contributed by atoms with E-state index in [1.165, 1.54) is 12.1 Å². The molecular weight excluding hydrogens is 407 g/mol. The number of aromatic nitrogens is 1. The number of alkyl carbamates (subject to hydrolysis) is 1. The summed E-state index contributed by atoms with van der Waals surface area (Å²) in [7, 11) is 0. The highest BCUT2D eigenvalue weighted by atomic mass is 19.1. The Labute approximate surface area is 188 Å². The summed E-state index contributed by atoms with van der Waals surface area (Å²) < 4.78 is 25.0. The summed E-state index contributed by atoms with van der Waals surface area (Å²) in [6.07, 6.45) is 2.20. The van der Waals surface area contributed by atoms with E-state index in [1.807, 2.05) is 65.9 Å². The van der Waals surface area contributed by atoms with Gasteiger partial charge in [-0.3, -0.25) is 0 Å². The second-order valence-corrected chi connectivity index (χ2v) is 8.89. The van der Waals surface area contributed by atoms with Crippen LogP contribution in [0.3, 0.4) is 0 Å². The van der Waals surface area contributed by atoms with E-state index in [9.17, 15) is 9.18 Å². The van der Waals surface area contributed by atoms with Gasteiger partial charge in [-0.15, -0.1) is 0 Å². The minimum Gasteiger partial charge on any atom is -0.460 e. The van der Waals surface area contributed by atoms with Crippen molar-refractivity contribution in [3.63, 3.8) is 0 Å². The van der Waals surface area contributed by atoms with Crippen LogP contribution < -0.4 is 10.1 Å². The van der Waals surface area contributed by atoms with Gasteiger partial charge in [0.1, 0.15) is 22.9 Å². The van der Waals surface area contributed by atoms with Crippen molar-refractivity contribution in [1.29, 1.82) is 0 Å². The highest BCUT2D eigenvalue weighted by molar-refractivity contribution is 5.95. The van der Waals surface area contributed by atoms with Gasteiger partial charge in [-0.05, 0) is 88.1 Å².